The number of primary amides is 1. The number of carbonyl (C=O) groups excluding carboxylic acids is 1. The van der Waals surface area contributed by atoms with Crippen LogP contribution in [0, 0.1) is 11.3 Å². The number of nitrogens with two attached hydrogens (primary N) is 1. The summed E-state index contributed by atoms with van der Waals surface area (Å²) in [4.78, 5) is 8.58. The van der Waals surface area contributed by atoms with Crippen molar-refractivity contribution in [3.8, 4) is 0 Å². The van der Waals surface area contributed by atoms with Crippen molar-refractivity contribution in [2.75, 3.05) is 0 Å². The Morgan fingerprint density at radius 2 is 1.25 bits per heavy atom. The minimum Gasteiger partial charge on any atom is -0.372 e. The van der Waals surface area contributed by atoms with E-state index >= 15 is 0 Å². The molecule has 0 aliphatic carbocycles. The summed E-state index contributed by atoms with van der Waals surface area (Å²) in [6, 6.07) is 0. The monoisotopic (exact) mass is 175 g/mol. The van der Waals surface area contributed by atoms with E-state index in [0.29, 0.717) is 5.41 Å². The van der Waals surface area contributed by atoms with E-state index in [1.165, 1.54) is 0 Å². The molecule has 0 saturated heterocycles. The molecule has 0 heterocycles. The fourth-order valence-corrected chi connectivity index (χ4v) is 0. The van der Waals surface area contributed by atoms with Gasteiger partial charge in [0, 0.05) is 0 Å². The molecule has 0 rings (SSSR count). The maximum Gasteiger partial charge on any atom is 0.204 e. The fourth-order valence-electron chi connectivity index (χ4n) is 0. The fraction of sp³-hybridized carbons (Fsp3) is 0.900. The Labute approximate surface area is 77.5 Å². The molecule has 0 saturated carbocycles. The molecule has 0 fully saturated rings. The molecule has 2 N–H and O–H groups in total. The Bertz CT molecular complexity index is 82.3. The van der Waals surface area contributed by atoms with Crippen LogP contribution in [-0.2, 0) is 4.79 Å². The first-order chi connectivity index (χ1) is 5.36. The van der Waals surface area contributed by atoms with Gasteiger partial charge in [0.05, 0.1) is 0 Å². The molecule has 2 heteroatoms. The predicted octanol–water partition coefficient (Wildman–Crippen LogP) is 2.82. The van der Waals surface area contributed by atoms with E-state index in [1.807, 2.05) is 13.8 Å². The Hall–Kier alpha value is -0.530. The summed E-state index contributed by atoms with van der Waals surface area (Å²) in [6.07, 6.45) is 0.250. The SMILES string of the molecule is CC.CC(C)C(C)(C)C.NC=O. The molecule has 0 aromatic heterocycles. The molecule has 0 aliphatic heterocycles. The Kier molecular flexibility index (Phi) is 15.3. The largest absolute Gasteiger partial charge is 0.372 e. The standard InChI is InChI=1S/C7H16.C2H6.CH3NO/c1-6(2)7(3,4)5;1-2;2-1-3/h6H,1-5H3;1-2H3;1H,(H2,2,3). The molecular formula is C10H25NO. The Morgan fingerprint density at radius 3 is 1.25 bits per heavy atom. The quantitative estimate of drug-likeness (QED) is 0.565. The van der Waals surface area contributed by atoms with Gasteiger partial charge < -0.3 is 5.73 Å². The molecule has 76 valence electrons. The van der Waals surface area contributed by atoms with E-state index in [-0.39, 0.29) is 6.41 Å². The van der Waals surface area contributed by atoms with Crippen LogP contribution in [0.25, 0.3) is 0 Å². The number of hydrogen-bond donors (Lipinski definition) is 1. The van der Waals surface area contributed by atoms with Crippen LogP contribution in [0.1, 0.15) is 48.5 Å². The topological polar surface area (TPSA) is 43.1 Å². The van der Waals surface area contributed by atoms with Crippen LogP contribution < -0.4 is 5.73 Å². The summed E-state index contributed by atoms with van der Waals surface area (Å²) in [6.45, 7) is 15.3. The second-order valence-electron chi connectivity index (χ2n) is 3.66. The normalized spacial score (nSPS) is 9.00. The zero-order valence-electron chi connectivity index (χ0n) is 9.64. The summed E-state index contributed by atoms with van der Waals surface area (Å²) in [5, 5.41) is 0. The molecule has 0 aromatic carbocycles. The van der Waals surface area contributed by atoms with Crippen molar-refractivity contribution in [2.45, 2.75) is 48.5 Å². The number of hydrogen-bond acceptors (Lipinski definition) is 1. The molecule has 0 spiro atoms. The Morgan fingerprint density at radius 1 is 1.17 bits per heavy atom. The zero-order chi connectivity index (χ0) is 10.8. The summed E-state index contributed by atoms with van der Waals surface area (Å²) < 4.78 is 0. The van der Waals surface area contributed by atoms with E-state index < -0.39 is 0 Å². The lowest BCUT2D eigenvalue weighted by Crippen LogP contribution is -2.12. The van der Waals surface area contributed by atoms with Crippen LogP contribution in [0.15, 0.2) is 0 Å². The zero-order valence-corrected chi connectivity index (χ0v) is 9.64. The third-order valence-electron chi connectivity index (χ3n) is 1.73. The summed E-state index contributed by atoms with van der Waals surface area (Å²) in [5.74, 6) is 0.799. The lowest BCUT2D eigenvalue weighted by Gasteiger charge is -2.22. The molecule has 0 aliphatic rings. The minimum atomic E-state index is 0.250. The highest BCUT2D eigenvalue weighted by molar-refractivity contribution is 5.42. The summed E-state index contributed by atoms with van der Waals surface area (Å²) >= 11 is 0. The van der Waals surface area contributed by atoms with Gasteiger partial charge in [-0.15, -0.1) is 0 Å². The molecule has 0 unspecified atom stereocenters. The van der Waals surface area contributed by atoms with Gasteiger partial charge in [0.1, 0.15) is 0 Å². The van der Waals surface area contributed by atoms with E-state index in [1.54, 1.807) is 0 Å². The van der Waals surface area contributed by atoms with Crippen molar-refractivity contribution in [3.63, 3.8) is 0 Å². The van der Waals surface area contributed by atoms with Crippen LogP contribution in [0.5, 0.6) is 0 Å². The first-order valence-electron chi connectivity index (χ1n) is 4.51. The lowest BCUT2D eigenvalue weighted by atomic mass is 9.84. The minimum absolute atomic E-state index is 0.250. The Balaban J connectivity index is -0.000000137. The smallest absolute Gasteiger partial charge is 0.204 e. The average Bonchev–Trinajstić information content (AvgIpc) is 1.91. The van der Waals surface area contributed by atoms with Crippen LogP contribution in [-0.4, -0.2) is 6.41 Å². The van der Waals surface area contributed by atoms with Gasteiger partial charge in [-0.1, -0.05) is 48.5 Å². The van der Waals surface area contributed by atoms with Crippen molar-refractivity contribution < 1.29 is 4.79 Å². The molecule has 0 bridgehead atoms. The molecule has 1 amide bonds. The van der Waals surface area contributed by atoms with Crippen molar-refractivity contribution in [3.05, 3.63) is 0 Å². The first-order valence-corrected chi connectivity index (χ1v) is 4.51. The second-order valence-corrected chi connectivity index (χ2v) is 3.66. The van der Waals surface area contributed by atoms with E-state index in [4.69, 9.17) is 4.79 Å². The van der Waals surface area contributed by atoms with Gasteiger partial charge in [0.15, 0.2) is 0 Å². The highest BCUT2D eigenvalue weighted by Crippen LogP contribution is 2.23. The molecule has 2 nitrogen and oxygen atoms in total. The van der Waals surface area contributed by atoms with Gasteiger partial charge >= 0.3 is 0 Å². The van der Waals surface area contributed by atoms with Crippen LogP contribution in [0.4, 0.5) is 0 Å². The van der Waals surface area contributed by atoms with E-state index in [2.05, 4.69) is 40.4 Å². The molecule has 12 heavy (non-hydrogen) atoms. The third-order valence-corrected chi connectivity index (χ3v) is 1.73. The number of amides is 1. The third kappa shape index (κ3) is 22.7. The van der Waals surface area contributed by atoms with E-state index in [9.17, 15) is 0 Å². The number of rotatable bonds is 0. The van der Waals surface area contributed by atoms with Gasteiger partial charge in [0.2, 0.25) is 6.41 Å². The van der Waals surface area contributed by atoms with Gasteiger partial charge in [-0.25, -0.2) is 0 Å². The van der Waals surface area contributed by atoms with Gasteiger partial charge in [-0.05, 0) is 11.3 Å². The van der Waals surface area contributed by atoms with Crippen molar-refractivity contribution in [1.82, 2.24) is 0 Å². The maximum absolute atomic E-state index is 8.58. The van der Waals surface area contributed by atoms with E-state index in [0.717, 1.165) is 5.92 Å². The maximum atomic E-state index is 8.58. The van der Waals surface area contributed by atoms with Crippen LogP contribution >= 0.6 is 0 Å². The van der Waals surface area contributed by atoms with Gasteiger partial charge in [-0.3, -0.25) is 4.79 Å². The first kappa shape index (κ1) is 17.5. The summed E-state index contributed by atoms with van der Waals surface area (Å²) in [5.41, 5.74) is 4.67. The van der Waals surface area contributed by atoms with Gasteiger partial charge in [-0.2, -0.15) is 0 Å². The molecular weight excluding hydrogens is 150 g/mol. The highest BCUT2D eigenvalue weighted by Gasteiger charge is 2.13. The molecule has 0 aromatic rings. The molecule has 0 radical (unpaired) electrons. The molecule has 0 atom stereocenters. The predicted molar refractivity (Wildman–Crippen MR) is 55.9 cm³/mol. The van der Waals surface area contributed by atoms with Gasteiger partial charge in [0.25, 0.3) is 0 Å². The number of carbonyl (C=O) groups is 1. The van der Waals surface area contributed by atoms with Crippen molar-refractivity contribution >= 4 is 6.41 Å². The second kappa shape index (κ2) is 10.5. The van der Waals surface area contributed by atoms with Crippen molar-refractivity contribution in [2.24, 2.45) is 17.1 Å². The summed E-state index contributed by atoms with van der Waals surface area (Å²) in [7, 11) is 0. The lowest BCUT2D eigenvalue weighted by molar-refractivity contribution is -0.106. The highest BCUT2D eigenvalue weighted by atomic mass is 16.1. The van der Waals surface area contributed by atoms with Crippen molar-refractivity contribution in [1.29, 1.82) is 0 Å². The van der Waals surface area contributed by atoms with Crippen LogP contribution in [0.3, 0.4) is 0 Å². The average molecular weight is 175 g/mol. The van der Waals surface area contributed by atoms with Crippen LogP contribution in [0.2, 0.25) is 0 Å².